The van der Waals surface area contributed by atoms with Gasteiger partial charge in [0, 0.05) is 13.7 Å². The molecule has 0 aliphatic carbocycles. The van der Waals surface area contributed by atoms with Crippen molar-refractivity contribution < 1.29 is 9.53 Å². The molecule has 0 aromatic heterocycles. The second-order valence-electron chi connectivity index (χ2n) is 4.66. The minimum absolute atomic E-state index is 0. The van der Waals surface area contributed by atoms with Gasteiger partial charge < -0.3 is 15.4 Å². The molecule has 106 valence electrons. The zero-order valence-corrected chi connectivity index (χ0v) is 11.9. The van der Waals surface area contributed by atoms with Gasteiger partial charge in [-0.05, 0) is 18.4 Å². The predicted molar refractivity (Wildman–Crippen MR) is 77.2 cm³/mol. The summed E-state index contributed by atoms with van der Waals surface area (Å²) in [5.74, 6) is -0.0109. The quantitative estimate of drug-likeness (QED) is 0.916. The zero-order chi connectivity index (χ0) is 13.0. The van der Waals surface area contributed by atoms with Crippen molar-refractivity contribution in [3.05, 3.63) is 35.9 Å². The maximum atomic E-state index is 12.2. The second kappa shape index (κ2) is 7.48. The van der Waals surface area contributed by atoms with Crippen molar-refractivity contribution in [1.29, 1.82) is 0 Å². The van der Waals surface area contributed by atoms with Crippen LogP contribution in [0.4, 0.5) is 0 Å². The third-order valence-electron chi connectivity index (χ3n) is 3.38. The molecule has 0 bridgehead atoms. The predicted octanol–water partition coefficient (Wildman–Crippen LogP) is 1.75. The molecule has 1 aliphatic rings. The molecule has 0 spiro atoms. The standard InChI is InChI=1S/C14H20N2O2.ClH/c1-18-10-12(15)14(17)16-9-5-8-13(16)11-6-3-2-4-7-11;/h2-4,6-7,12-13H,5,8-10,15H2,1H3;1H. The van der Waals surface area contributed by atoms with Crippen LogP contribution in [0.1, 0.15) is 24.4 Å². The number of carbonyl (C=O) groups is 1. The SMILES string of the molecule is COCC(N)C(=O)N1CCCC1c1ccccc1.Cl. The van der Waals surface area contributed by atoms with Crippen LogP contribution in [0.3, 0.4) is 0 Å². The Hall–Kier alpha value is -1.10. The Morgan fingerprint density at radius 1 is 1.47 bits per heavy atom. The van der Waals surface area contributed by atoms with Crippen molar-refractivity contribution in [3.63, 3.8) is 0 Å². The Morgan fingerprint density at radius 2 is 2.16 bits per heavy atom. The number of halogens is 1. The number of hydrogen-bond acceptors (Lipinski definition) is 3. The summed E-state index contributed by atoms with van der Waals surface area (Å²) < 4.78 is 4.95. The molecule has 5 heteroatoms. The number of carbonyl (C=O) groups excluding carboxylic acids is 1. The van der Waals surface area contributed by atoms with Gasteiger partial charge in [-0.2, -0.15) is 0 Å². The Kier molecular flexibility index (Phi) is 6.28. The number of hydrogen-bond donors (Lipinski definition) is 1. The number of methoxy groups -OCH3 is 1. The molecule has 2 rings (SSSR count). The van der Waals surface area contributed by atoms with Gasteiger partial charge >= 0.3 is 0 Å². The van der Waals surface area contributed by atoms with E-state index in [2.05, 4.69) is 12.1 Å². The molecule has 1 aromatic carbocycles. The summed E-state index contributed by atoms with van der Waals surface area (Å²) in [6.07, 6.45) is 2.04. The normalized spacial score (nSPS) is 19.9. The van der Waals surface area contributed by atoms with Gasteiger partial charge in [-0.25, -0.2) is 0 Å². The largest absolute Gasteiger partial charge is 0.383 e. The van der Waals surface area contributed by atoms with Crippen LogP contribution in [0, 0.1) is 0 Å². The molecule has 2 N–H and O–H groups in total. The van der Waals surface area contributed by atoms with E-state index >= 15 is 0 Å². The molecule has 4 nitrogen and oxygen atoms in total. The Morgan fingerprint density at radius 3 is 2.79 bits per heavy atom. The maximum absolute atomic E-state index is 12.2. The highest BCUT2D eigenvalue weighted by molar-refractivity contribution is 5.85. The molecule has 1 fully saturated rings. The fraction of sp³-hybridized carbons (Fsp3) is 0.500. The average Bonchev–Trinajstić information content (AvgIpc) is 2.88. The van der Waals surface area contributed by atoms with Crippen LogP contribution in [-0.4, -0.2) is 37.1 Å². The van der Waals surface area contributed by atoms with Crippen molar-refractivity contribution >= 4 is 18.3 Å². The van der Waals surface area contributed by atoms with Crippen molar-refractivity contribution in [1.82, 2.24) is 4.90 Å². The molecule has 19 heavy (non-hydrogen) atoms. The van der Waals surface area contributed by atoms with Crippen LogP contribution in [0.25, 0.3) is 0 Å². The van der Waals surface area contributed by atoms with Gasteiger partial charge in [0.2, 0.25) is 5.91 Å². The zero-order valence-electron chi connectivity index (χ0n) is 11.1. The molecule has 1 amide bonds. The molecular weight excluding hydrogens is 264 g/mol. The van der Waals surface area contributed by atoms with Gasteiger partial charge in [-0.1, -0.05) is 30.3 Å². The van der Waals surface area contributed by atoms with Crippen molar-refractivity contribution in [2.45, 2.75) is 24.9 Å². The lowest BCUT2D eigenvalue weighted by Crippen LogP contribution is -2.45. The Labute approximate surface area is 120 Å². The third kappa shape index (κ3) is 3.69. The number of ether oxygens (including phenoxy) is 1. The number of nitrogens with zero attached hydrogens (tertiary/aromatic N) is 1. The van der Waals surface area contributed by atoms with Crippen LogP contribution in [0.5, 0.6) is 0 Å². The van der Waals surface area contributed by atoms with E-state index in [0.717, 1.165) is 19.4 Å². The van der Waals surface area contributed by atoms with Gasteiger partial charge in [-0.15, -0.1) is 12.4 Å². The van der Waals surface area contributed by atoms with Gasteiger partial charge in [0.25, 0.3) is 0 Å². The second-order valence-corrected chi connectivity index (χ2v) is 4.66. The highest BCUT2D eigenvalue weighted by Crippen LogP contribution is 2.31. The van der Waals surface area contributed by atoms with E-state index in [1.54, 1.807) is 7.11 Å². The van der Waals surface area contributed by atoms with E-state index in [4.69, 9.17) is 10.5 Å². The van der Waals surface area contributed by atoms with E-state index in [0.29, 0.717) is 0 Å². The van der Waals surface area contributed by atoms with E-state index in [1.165, 1.54) is 5.56 Å². The number of likely N-dealkylation sites (tertiary alicyclic amines) is 1. The summed E-state index contributed by atoms with van der Waals surface area (Å²) in [5.41, 5.74) is 7.02. The summed E-state index contributed by atoms with van der Waals surface area (Å²) in [6.45, 7) is 1.06. The molecular formula is C14H21ClN2O2. The molecule has 0 saturated carbocycles. The first kappa shape index (κ1) is 16.0. The minimum atomic E-state index is -0.556. The van der Waals surface area contributed by atoms with Gasteiger partial charge in [-0.3, -0.25) is 4.79 Å². The average molecular weight is 285 g/mol. The van der Waals surface area contributed by atoms with Gasteiger partial charge in [0.1, 0.15) is 6.04 Å². The number of nitrogens with two attached hydrogens (primary N) is 1. The van der Waals surface area contributed by atoms with Crippen LogP contribution < -0.4 is 5.73 Å². The highest BCUT2D eigenvalue weighted by atomic mass is 35.5. The highest BCUT2D eigenvalue weighted by Gasteiger charge is 2.32. The fourth-order valence-electron chi connectivity index (χ4n) is 2.52. The first-order valence-electron chi connectivity index (χ1n) is 6.34. The van der Waals surface area contributed by atoms with Gasteiger partial charge in [0.15, 0.2) is 0 Å². The Bertz CT molecular complexity index is 400. The molecule has 1 aromatic rings. The first-order valence-corrected chi connectivity index (χ1v) is 6.34. The number of amides is 1. The molecule has 2 atom stereocenters. The minimum Gasteiger partial charge on any atom is -0.383 e. The summed E-state index contributed by atoms with van der Waals surface area (Å²) in [5, 5.41) is 0. The summed E-state index contributed by atoms with van der Waals surface area (Å²) in [4.78, 5) is 14.1. The molecule has 0 radical (unpaired) electrons. The van der Waals surface area contributed by atoms with Crippen molar-refractivity contribution in [2.75, 3.05) is 20.3 Å². The lowest BCUT2D eigenvalue weighted by atomic mass is 10.0. The lowest BCUT2D eigenvalue weighted by molar-refractivity contribution is -0.134. The molecule has 1 heterocycles. The van der Waals surface area contributed by atoms with Crippen LogP contribution in [0.15, 0.2) is 30.3 Å². The number of benzene rings is 1. The topological polar surface area (TPSA) is 55.6 Å². The molecule has 1 saturated heterocycles. The first-order chi connectivity index (χ1) is 8.74. The van der Waals surface area contributed by atoms with Crippen LogP contribution in [0.2, 0.25) is 0 Å². The Balaban J connectivity index is 0.00000180. The van der Waals surface area contributed by atoms with E-state index < -0.39 is 6.04 Å². The van der Waals surface area contributed by atoms with Crippen molar-refractivity contribution in [2.24, 2.45) is 5.73 Å². The van der Waals surface area contributed by atoms with Gasteiger partial charge in [0.05, 0.1) is 12.6 Å². The fourth-order valence-corrected chi connectivity index (χ4v) is 2.52. The summed E-state index contributed by atoms with van der Waals surface area (Å²) in [6, 6.07) is 9.75. The van der Waals surface area contributed by atoms with E-state index in [9.17, 15) is 4.79 Å². The number of rotatable bonds is 4. The summed E-state index contributed by atoms with van der Waals surface area (Å²) in [7, 11) is 1.56. The van der Waals surface area contributed by atoms with Crippen molar-refractivity contribution in [3.8, 4) is 0 Å². The van der Waals surface area contributed by atoms with E-state index in [-0.39, 0.29) is 31.0 Å². The third-order valence-corrected chi connectivity index (χ3v) is 3.38. The van der Waals surface area contributed by atoms with E-state index in [1.807, 2.05) is 23.1 Å². The summed E-state index contributed by atoms with van der Waals surface area (Å²) >= 11 is 0. The lowest BCUT2D eigenvalue weighted by Gasteiger charge is -2.27. The monoisotopic (exact) mass is 284 g/mol. The smallest absolute Gasteiger partial charge is 0.242 e. The maximum Gasteiger partial charge on any atom is 0.242 e. The van der Waals surface area contributed by atoms with Crippen LogP contribution in [-0.2, 0) is 9.53 Å². The van der Waals surface area contributed by atoms with Crippen LogP contribution >= 0.6 is 12.4 Å². The molecule has 1 aliphatic heterocycles. The molecule has 2 unspecified atom stereocenters.